The van der Waals surface area contributed by atoms with Crippen LogP contribution in [0.3, 0.4) is 0 Å². The summed E-state index contributed by atoms with van der Waals surface area (Å²) in [5, 5.41) is 54.0. The maximum Gasteiger partial charge on any atom is 0.327 e. The quantitative estimate of drug-likeness (QED) is 0.0736. The standard InChI is InChI=1S/C48H67N3O14/c1-4-6-11-20-47(21-12-7-5-2)63-39-34-27-48(46(59)50(3)33(43(57)49-22-23-52)26-31-15-9-8-10-16-31)41(44(58)61-34)51(65-42(48)40(39)64-47)28-32-18-13-17-30(25-32)19-14-24-60-45-38(56)37(55)36(54)35(29-53)62-45/h8-10,13-19,25,33-42,45,52-56H,4-7,11-12,20-24,26-29H2,1-3H3,(H,49,57)/t33-,34?,35-,36+,37+,38-,39+,40+,41+,42-,45+,48?/m1/s1. The molecule has 6 N–H and O–H groups in total. The number of benzene rings is 2. The summed E-state index contributed by atoms with van der Waals surface area (Å²) in [6, 6.07) is 14.6. The van der Waals surface area contributed by atoms with Gasteiger partial charge < -0.3 is 59.4 Å². The van der Waals surface area contributed by atoms with Gasteiger partial charge in [0.2, 0.25) is 11.8 Å². The molecule has 17 nitrogen and oxygen atoms in total. The SMILES string of the molecule is CCCCCC1(CCCCC)O[C@@H]2[C@H]3ON(Cc4cccc(C=CCO[C@H]5O[C@H](CO)[C@H](O)[C@H](O)[C@H]5O)c4)[C@H]4C(=O)OC(CC34C(=O)N(C)[C@H](Cc3ccccc3)C(=O)NCCO)[C@@H]2O1. The van der Waals surface area contributed by atoms with E-state index in [-0.39, 0.29) is 39.1 Å². The predicted molar refractivity (Wildman–Crippen MR) is 234 cm³/mol. The average molecular weight is 910 g/mol. The Bertz CT molecular complexity index is 1930. The number of unbranched alkanes of at least 4 members (excludes halogenated alkanes) is 4. The number of amides is 2. The molecule has 2 aromatic rings. The number of esters is 1. The number of nitrogens with one attached hydrogen (secondary N) is 1. The van der Waals surface area contributed by atoms with Crippen molar-refractivity contribution in [1.29, 1.82) is 0 Å². The molecule has 1 saturated carbocycles. The largest absolute Gasteiger partial charge is 0.458 e. The summed E-state index contributed by atoms with van der Waals surface area (Å²) in [5.74, 6) is -2.49. The van der Waals surface area contributed by atoms with Gasteiger partial charge in [0.05, 0.1) is 26.4 Å². The number of hydrogen-bond acceptors (Lipinski definition) is 15. The first-order valence-electron chi connectivity index (χ1n) is 23.3. The van der Waals surface area contributed by atoms with Gasteiger partial charge in [-0.25, -0.2) is 0 Å². The van der Waals surface area contributed by atoms with Gasteiger partial charge in [0.15, 0.2) is 18.1 Å². The Hall–Kier alpha value is -3.85. The van der Waals surface area contributed by atoms with Gasteiger partial charge in [-0.1, -0.05) is 106 Å². The molecule has 12 atom stereocenters. The Morgan fingerprint density at radius 1 is 0.938 bits per heavy atom. The fourth-order valence-corrected chi connectivity index (χ4v) is 10.2. The molecule has 2 unspecified atom stereocenters. The fraction of sp³-hybridized carbons (Fsp3) is 0.646. The number of hydroxylamine groups is 2. The first kappa shape index (κ1) is 49.1. The Morgan fingerprint density at radius 3 is 2.34 bits per heavy atom. The van der Waals surface area contributed by atoms with Crippen molar-refractivity contribution >= 4 is 23.9 Å². The Morgan fingerprint density at radius 2 is 1.65 bits per heavy atom. The predicted octanol–water partition coefficient (Wildman–Crippen LogP) is 2.14. The molecule has 2 amide bonds. The third-order valence-electron chi connectivity index (χ3n) is 13.6. The highest BCUT2D eigenvalue weighted by atomic mass is 16.8. The van der Waals surface area contributed by atoms with Crippen molar-refractivity contribution in [3.8, 4) is 0 Å². The molecule has 2 aromatic carbocycles. The molecule has 5 fully saturated rings. The Labute approximate surface area is 380 Å². The van der Waals surface area contributed by atoms with E-state index < -0.39 is 103 Å². The number of hydrogen-bond donors (Lipinski definition) is 6. The molecule has 1 aliphatic carbocycles. The third-order valence-corrected chi connectivity index (χ3v) is 13.6. The van der Waals surface area contributed by atoms with Crippen LogP contribution >= 0.6 is 0 Å². The molecular weight excluding hydrogens is 843 g/mol. The number of carbonyl (C=O) groups excluding carboxylic acids is 3. The zero-order chi connectivity index (χ0) is 46.3. The van der Waals surface area contributed by atoms with Crippen LogP contribution in [0, 0.1) is 5.41 Å². The molecule has 4 aliphatic heterocycles. The number of aliphatic hydroxyl groups excluding tert-OH is 5. The second kappa shape index (κ2) is 21.8. The lowest BCUT2D eigenvalue weighted by molar-refractivity contribution is -0.298. The van der Waals surface area contributed by atoms with Crippen LogP contribution in [0.1, 0.15) is 88.3 Å². The highest BCUT2D eigenvalue weighted by molar-refractivity contribution is 5.96. The molecule has 5 aliphatic rings. The van der Waals surface area contributed by atoms with Gasteiger partial charge in [0.1, 0.15) is 60.3 Å². The summed E-state index contributed by atoms with van der Waals surface area (Å²) in [7, 11) is 1.58. The van der Waals surface area contributed by atoms with E-state index in [1.54, 1.807) is 19.2 Å². The summed E-state index contributed by atoms with van der Waals surface area (Å²) in [5.41, 5.74) is 0.784. The zero-order valence-electron chi connectivity index (χ0n) is 37.6. The topological polar surface area (TPSA) is 226 Å². The van der Waals surface area contributed by atoms with Gasteiger partial charge in [-0.2, -0.15) is 5.06 Å². The van der Waals surface area contributed by atoms with Crippen molar-refractivity contribution in [2.24, 2.45) is 5.41 Å². The minimum Gasteiger partial charge on any atom is -0.458 e. The Balaban J connectivity index is 1.18. The highest BCUT2D eigenvalue weighted by Gasteiger charge is 2.76. The van der Waals surface area contributed by atoms with E-state index in [1.165, 1.54) is 9.96 Å². The van der Waals surface area contributed by atoms with Gasteiger partial charge in [0.25, 0.3) is 0 Å². The molecule has 0 radical (unpaired) electrons. The van der Waals surface area contributed by atoms with Crippen LogP contribution in [-0.2, 0) is 55.9 Å². The summed E-state index contributed by atoms with van der Waals surface area (Å²) >= 11 is 0. The van der Waals surface area contributed by atoms with Crippen LogP contribution in [0.25, 0.3) is 6.08 Å². The van der Waals surface area contributed by atoms with Crippen LogP contribution in [0.15, 0.2) is 60.7 Å². The number of carbonyl (C=O) groups is 3. The summed E-state index contributed by atoms with van der Waals surface area (Å²) < 4.78 is 31.3. The molecule has 2 bridgehead atoms. The number of fused-ring (bicyclic) bond motifs is 4. The number of likely N-dealkylation sites (N-methyl/N-ethyl adjacent to an activating group) is 1. The second-order valence-electron chi connectivity index (χ2n) is 18.0. The molecule has 0 aromatic heterocycles. The van der Waals surface area contributed by atoms with Crippen LogP contribution in [0.4, 0.5) is 0 Å². The van der Waals surface area contributed by atoms with Crippen molar-refractivity contribution in [3.05, 3.63) is 77.4 Å². The van der Waals surface area contributed by atoms with E-state index in [4.69, 9.17) is 28.5 Å². The zero-order valence-corrected chi connectivity index (χ0v) is 37.6. The number of aliphatic hydroxyl groups is 5. The van der Waals surface area contributed by atoms with E-state index in [0.29, 0.717) is 12.8 Å². The van der Waals surface area contributed by atoms with E-state index in [0.717, 1.165) is 55.2 Å². The number of nitrogens with zero attached hydrogens (tertiary/aromatic N) is 2. The summed E-state index contributed by atoms with van der Waals surface area (Å²) in [4.78, 5) is 52.4. The minimum absolute atomic E-state index is 0.000437. The van der Waals surface area contributed by atoms with Gasteiger partial charge in [0, 0.05) is 39.3 Å². The van der Waals surface area contributed by atoms with E-state index >= 15 is 4.79 Å². The van der Waals surface area contributed by atoms with Gasteiger partial charge in [-0.15, -0.1) is 0 Å². The monoisotopic (exact) mass is 909 g/mol. The Kier molecular flexibility index (Phi) is 16.5. The van der Waals surface area contributed by atoms with Crippen molar-refractivity contribution in [1.82, 2.24) is 15.3 Å². The van der Waals surface area contributed by atoms with E-state index in [1.807, 2.05) is 54.6 Å². The maximum atomic E-state index is 15.6. The lowest BCUT2D eigenvalue weighted by Gasteiger charge is -2.50. The molecule has 4 heterocycles. The molecule has 358 valence electrons. The van der Waals surface area contributed by atoms with Gasteiger partial charge >= 0.3 is 5.97 Å². The minimum atomic E-state index is -1.56. The van der Waals surface area contributed by atoms with Crippen LogP contribution in [0.2, 0.25) is 0 Å². The lowest BCUT2D eigenvalue weighted by atomic mass is 9.62. The molecule has 0 spiro atoms. The van der Waals surface area contributed by atoms with Crippen LogP contribution in [0.5, 0.6) is 0 Å². The lowest BCUT2D eigenvalue weighted by Crippen LogP contribution is -2.70. The second-order valence-corrected chi connectivity index (χ2v) is 18.0. The van der Waals surface area contributed by atoms with Crippen LogP contribution in [-0.4, -0.2) is 160 Å². The smallest absolute Gasteiger partial charge is 0.327 e. The van der Waals surface area contributed by atoms with Crippen LogP contribution < -0.4 is 5.32 Å². The molecular formula is C48H67N3O14. The highest BCUT2D eigenvalue weighted by Crippen LogP contribution is 2.58. The summed E-state index contributed by atoms with van der Waals surface area (Å²) in [6.07, 6.45) is 0.509. The fourth-order valence-electron chi connectivity index (χ4n) is 10.2. The maximum absolute atomic E-state index is 15.6. The molecule has 7 rings (SSSR count). The van der Waals surface area contributed by atoms with Crippen molar-refractivity contribution < 1.29 is 68.4 Å². The normalized spacial score (nSPS) is 32.0. The average Bonchev–Trinajstić information content (AvgIpc) is 3.87. The molecule has 4 saturated heterocycles. The first-order chi connectivity index (χ1) is 31.4. The van der Waals surface area contributed by atoms with Crippen molar-refractivity contribution in [3.63, 3.8) is 0 Å². The molecule has 17 heteroatoms. The van der Waals surface area contributed by atoms with Crippen molar-refractivity contribution in [2.45, 2.75) is 158 Å². The van der Waals surface area contributed by atoms with E-state index in [9.17, 15) is 35.1 Å². The third kappa shape index (κ3) is 10.4. The number of ether oxygens (including phenoxy) is 5. The number of rotatable bonds is 22. The van der Waals surface area contributed by atoms with Gasteiger partial charge in [-0.05, 0) is 29.5 Å². The summed E-state index contributed by atoms with van der Waals surface area (Å²) in [6.45, 7) is 3.46. The first-order valence-corrected chi connectivity index (χ1v) is 23.3. The van der Waals surface area contributed by atoms with Crippen molar-refractivity contribution in [2.75, 3.05) is 33.4 Å². The van der Waals surface area contributed by atoms with Gasteiger partial charge in [-0.3, -0.25) is 19.2 Å². The van der Waals surface area contributed by atoms with E-state index in [2.05, 4.69) is 19.2 Å². The molecule has 65 heavy (non-hydrogen) atoms.